The maximum absolute atomic E-state index is 13.3. The number of likely N-dealkylation sites (tertiary alicyclic amines) is 1. The van der Waals surface area contributed by atoms with Crippen molar-refractivity contribution in [1.29, 1.82) is 0 Å². The molecule has 6 nitrogen and oxygen atoms in total. The summed E-state index contributed by atoms with van der Waals surface area (Å²) in [6, 6.07) is 7.85. The number of benzene rings is 1. The summed E-state index contributed by atoms with van der Waals surface area (Å²) in [5.41, 5.74) is 3.12. The zero-order valence-corrected chi connectivity index (χ0v) is 25.3. The average molecular weight is 564 g/mol. The van der Waals surface area contributed by atoms with Crippen molar-refractivity contribution in [2.75, 3.05) is 7.11 Å². The minimum absolute atomic E-state index is 0.00996. The first-order chi connectivity index (χ1) is 19.4. The van der Waals surface area contributed by atoms with Gasteiger partial charge in [-0.25, -0.2) is 0 Å². The topological polar surface area (TPSA) is 90.2 Å². The highest BCUT2D eigenvalue weighted by Crippen LogP contribution is 2.60. The minimum Gasteiger partial charge on any atom is -0.497 e. The van der Waals surface area contributed by atoms with Crippen LogP contribution in [0.1, 0.15) is 84.1 Å². The lowest BCUT2D eigenvalue weighted by molar-refractivity contribution is -0.142. The number of amides is 1. The number of ether oxygens (including phenoxy) is 1. The Morgan fingerprint density at radius 2 is 1.90 bits per heavy atom. The van der Waals surface area contributed by atoms with Gasteiger partial charge in [-0.2, -0.15) is 0 Å². The lowest BCUT2D eigenvalue weighted by atomic mass is 9.60. The Morgan fingerprint density at radius 1 is 1.17 bits per heavy atom. The first-order valence-corrected chi connectivity index (χ1v) is 15.5. The maximum atomic E-state index is 13.3. The molecule has 0 unspecified atom stereocenters. The summed E-state index contributed by atoms with van der Waals surface area (Å²) in [6.07, 6.45) is 11.3. The number of hydrogen-bond donors (Lipinski definition) is 3. The van der Waals surface area contributed by atoms with Crippen LogP contribution in [0.25, 0.3) is 0 Å². The fourth-order valence-electron chi connectivity index (χ4n) is 8.74. The average Bonchev–Trinajstić information content (AvgIpc) is 3.39. The Morgan fingerprint density at radius 3 is 2.61 bits per heavy atom. The van der Waals surface area contributed by atoms with Gasteiger partial charge in [-0.3, -0.25) is 4.79 Å². The van der Waals surface area contributed by atoms with Crippen molar-refractivity contribution in [3.05, 3.63) is 65.3 Å². The molecule has 1 heterocycles. The molecule has 0 bridgehead atoms. The zero-order chi connectivity index (χ0) is 29.5. The third-order valence-corrected chi connectivity index (χ3v) is 10.9. The van der Waals surface area contributed by atoms with Crippen LogP contribution in [0.5, 0.6) is 5.75 Å². The predicted octanol–water partition coefficient (Wildman–Crippen LogP) is 5.71. The lowest BCUT2D eigenvalue weighted by Crippen LogP contribution is -2.40. The van der Waals surface area contributed by atoms with E-state index in [1.165, 1.54) is 24.8 Å². The van der Waals surface area contributed by atoms with Crippen molar-refractivity contribution in [2.45, 2.75) is 109 Å². The number of allylic oxidation sites excluding steroid dienone is 3. The first kappa shape index (κ1) is 30.1. The molecule has 5 rings (SSSR count). The second-order valence-corrected chi connectivity index (χ2v) is 13.8. The largest absolute Gasteiger partial charge is 0.497 e. The standard InChI is InChI=1S/C35H49NO5/c1-22(17-27-20-35(4,40)33(39)36(27)21-24-8-12-29(41-5)13-9-24)30-14-15-31-25(7-6-16-34(30,31)3)10-11-26-18-28(37)19-32(38)23(26)2/h8-13,22,27-28,30-32,37-38,40H,2,6-7,14-21H2,1,3-5H3/b25-10+,26-11-/t22-,27+,28-,30-,31+,32+,34-,35-/m1/s1. The Balaban J connectivity index is 1.30. The second kappa shape index (κ2) is 11.7. The highest BCUT2D eigenvalue weighted by molar-refractivity contribution is 5.87. The molecule has 0 spiro atoms. The van der Waals surface area contributed by atoms with Crippen LogP contribution >= 0.6 is 0 Å². The molecule has 1 aliphatic heterocycles. The smallest absolute Gasteiger partial charge is 0.254 e. The molecule has 1 amide bonds. The molecular formula is C35H49NO5. The van der Waals surface area contributed by atoms with Crippen LogP contribution < -0.4 is 4.74 Å². The van der Waals surface area contributed by atoms with Gasteiger partial charge in [-0.1, -0.05) is 50.3 Å². The lowest BCUT2D eigenvalue weighted by Gasteiger charge is -2.45. The summed E-state index contributed by atoms with van der Waals surface area (Å²) in [6.45, 7) is 11.1. The van der Waals surface area contributed by atoms with Gasteiger partial charge in [0.1, 0.15) is 11.4 Å². The van der Waals surface area contributed by atoms with Crippen LogP contribution in [-0.4, -0.2) is 57.1 Å². The molecule has 224 valence electrons. The Labute approximate surface area is 245 Å². The van der Waals surface area contributed by atoms with Crippen LogP contribution in [-0.2, 0) is 11.3 Å². The molecule has 0 radical (unpaired) electrons. The molecular weight excluding hydrogens is 514 g/mol. The number of rotatable bonds is 7. The third kappa shape index (κ3) is 5.93. The van der Waals surface area contributed by atoms with Gasteiger partial charge in [0.2, 0.25) is 0 Å². The van der Waals surface area contributed by atoms with Gasteiger partial charge in [0, 0.05) is 25.4 Å². The summed E-state index contributed by atoms with van der Waals surface area (Å²) >= 11 is 0. The van der Waals surface area contributed by atoms with Crippen LogP contribution in [0.4, 0.5) is 0 Å². The fourth-order valence-corrected chi connectivity index (χ4v) is 8.74. The van der Waals surface area contributed by atoms with Gasteiger partial charge >= 0.3 is 0 Å². The van der Waals surface area contributed by atoms with Gasteiger partial charge in [0.15, 0.2) is 0 Å². The van der Waals surface area contributed by atoms with Gasteiger partial charge in [-0.05, 0) is 104 Å². The number of aliphatic hydroxyl groups excluding tert-OH is 2. The SMILES string of the molecule is C=C1/C(=C\C=C2/CCC[C@]3(C)[C@@H]([C@H](C)C[C@H]4C[C@@](C)(O)C(=O)N4Cc4ccc(OC)cc4)CC[C@@H]23)C[C@@H](O)C[C@@H]1O. The fraction of sp³-hybridized carbons (Fsp3) is 0.629. The van der Waals surface area contributed by atoms with Crippen molar-refractivity contribution in [3.8, 4) is 5.75 Å². The van der Waals surface area contributed by atoms with E-state index in [4.69, 9.17) is 4.74 Å². The molecule has 1 aromatic carbocycles. The number of methoxy groups -OCH3 is 1. The minimum atomic E-state index is -1.32. The molecule has 1 aromatic rings. The van der Waals surface area contributed by atoms with Crippen molar-refractivity contribution >= 4 is 5.91 Å². The molecule has 8 atom stereocenters. The van der Waals surface area contributed by atoms with E-state index in [9.17, 15) is 20.1 Å². The van der Waals surface area contributed by atoms with E-state index >= 15 is 0 Å². The number of hydrogen-bond acceptors (Lipinski definition) is 5. The monoisotopic (exact) mass is 563 g/mol. The number of nitrogens with zero attached hydrogens (tertiary/aromatic N) is 1. The van der Waals surface area contributed by atoms with E-state index < -0.39 is 17.8 Å². The predicted molar refractivity (Wildman–Crippen MR) is 161 cm³/mol. The molecule has 6 heteroatoms. The first-order valence-electron chi connectivity index (χ1n) is 15.5. The number of carbonyl (C=O) groups is 1. The normalized spacial score (nSPS) is 38.5. The molecule has 1 saturated heterocycles. The van der Waals surface area contributed by atoms with Crippen molar-refractivity contribution in [2.24, 2.45) is 23.2 Å². The second-order valence-electron chi connectivity index (χ2n) is 13.8. The van der Waals surface area contributed by atoms with E-state index in [-0.39, 0.29) is 17.4 Å². The number of fused-ring (bicyclic) bond motifs is 1. The molecule has 41 heavy (non-hydrogen) atoms. The maximum Gasteiger partial charge on any atom is 0.254 e. The highest BCUT2D eigenvalue weighted by Gasteiger charge is 2.53. The molecule has 3 N–H and O–H groups in total. The Kier molecular flexibility index (Phi) is 8.58. The van der Waals surface area contributed by atoms with Crippen LogP contribution in [0, 0.1) is 23.2 Å². The van der Waals surface area contributed by atoms with E-state index in [1.807, 2.05) is 29.2 Å². The van der Waals surface area contributed by atoms with Crippen molar-refractivity contribution in [1.82, 2.24) is 4.90 Å². The van der Waals surface area contributed by atoms with Crippen molar-refractivity contribution in [3.63, 3.8) is 0 Å². The van der Waals surface area contributed by atoms with Gasteiger partial charge in [-0.15, -0.1) is 0 Å². The zero-order valence-electron chi connectivity index (χ0n) is 25.3. The summed E-state index contributed by atoms with van der Waals surface area (Å²) in [5, 5.41) is 31.4. The number of aliphatic hydroxyl groups is 3. The molecule has 0 aromatic heterocycles. The van der Waals surface area contributed by atoms with E-state index in [1.54, 1.807) is 14.0 Å². The molecule has 4 fully saturated rings. The van der Waals surface area contributed by atoms with Crippen LogP contribution in [0.15, 0.2) is 59.7 Å². The summed E-state index contributed by atoms with van der Waals surface area (Å²) in [5.74, 6) is 2.13. The summed E-state index contributed by atoms with van der Waals surface area (Å²) in [7, 11) is 1.65. The van der Waals surface area contributed by atoms with Crippen molar-refractivity contribution < 1.29 is 24.9 Å². The highest BCUT2D eigenvalue weighted by atomic mass is 16.5. The molecule has 4 aliphatic rings. The van der Waals surface area contributed by atoms with Gasteiger partial charge in [0.25, 0.3) is 5.91 Å². The molecule has 3 aliphatic carbocycles. The third-order valence-electron chi connectivity index (χ3n) is 10.9. The van der Waals surface area contributed by atoms with E-state index in [0.29, 0.717) is 43.6 Å². The summed E-state index contributed by atoms with van der Waals surface area (Å²) < 4.78 is 5.29. The van der Waals surface area contributed by atoms with Crippen LogP contribution in [0.2, 0.25) is 0 Å². The van der Waals surface area contributed by atoms with E-state index in [0.717, 1.165) is 41.7 Å². The number of carbonyl (C=O) groups excluding carboxylic acids is 1. The Bertz CT molecular complexity index is 1200. The quantitative estimate of drug-likeness (QED) is 0.395. The molecule has 3 saturated carbocycles. The van der Waals surface area contributed by atoms with Gasteiger partial charge < -0.3 is 25.0 Å². The Hall–Kier alpha value is -2.41. The van der Waals surface area contributed by atoms with E-state index in [2.05, 4.69) is 32.6 Å². The van der Waals surface area contributed by atoms with Gasteiger partial charge in [0.05, 0.1) is 19.3 Å². The van der Waals surface area contributed by atoms with Crippen LogP contribution in [0.3, 0.4) is 0 Å². The summed E-state index contributed by atoms with van der Waals surface area (Å²) in [4.78, 5) is 15.2.